The maximum absolute atomic E-state index is 12.7. The van der Waals surface area contributed by atoms with Crippen molar-refractivity contribution < 1.29 is 29.0 Å². The quantitative estimate of drug-likeness (QED) is 0.207. The van der Waals surface area contributed by atoms with E-state index >= 15 is 0 Å². The Balaban J connectivity index is 1.28. The zero-order valence-corrected chi connectivity index (χ0v) is 24.4. The highest BCUT2D eigenvalue weighted by Crippen LogP contribution is 2.44. The number of amides is 1. The number of ether oxygens (including phenoxy) is 2. The van der Waals surface area contributed by atoms with E-state index in [9.17, 15) is 19.5 Å². The molecule has 2 aromatic carbocycles. The highest BCUT2D eigenvalue weighted by atomic mass is 16.6. The number of carbonyl (C=O) groups excluding carboxylic acids is 2. The molecule has 4 rings (SSSR count). The van der Waals surface area contributed by atoms with Gasteiger partial charge in [0.2, 0.25) is 0 Å². The summed E-state index contributed by atoms with van der Waals surface area (Å²) >= 11 is 0. The molecule has 1 amide bonds. The van der Waals surface area contributed by atoms with E-state index in [4.69, 9.17) is 9.47 Å². The van der Waals surface area contributed by atoms with Gasteiger partial charge >= 0.3 is 18.0 Å². The third-order valence-corrected chi connectivity index (χ3v) is 7.04. The lowest BCUT2D eigenvalue weighted by atomic mass is 9.98. The van der Waals surface area contributed by atoms with Crippen LogP contribution < -0.4 is 5.32 Å². The SMILES string of the molecule is CC(C)(C)OC(=O)CN(CCCC[C@H](NC(=O)OCC1c2ccccc2-c2ccccc21)C(=O)O)Cc1ccccn1. The maximum Gasteiger partial charge on any atom is 0.407 e. The molecule has 0 fully saturated rings. The van der Waals surface area contributed by atoms with Gasteiger partial charge in [-0.05, 0) is 81.0 Å². The van der Waals surface area contributed by atoms with Crippen molar-refractivity contribution in [3.63, 3.8) is 0 Å². The second kappa shape index (κ2) is 14.1. The first-order valence-corrected chi connectivity index (χ1v) is 14.3. The van der Waals surface area contributed by atoms with Crippen LogP contribution in [-0.2, 0) is 25.6 Å². The van der Waals surface area contributed by atoms with E-state index in [0.717, 1.165) is 27.9 Å². The van der Waals surface area contributed by atoms with Crippen LogP contribution >= 0.6 is 0 Å². The molecular weight excluding hydrogens is 534 g/mol. The lowest BCUT2D eigenvalue weighted by Crippen LogP contribution is -2.41. The summed E-state index contributed by atoms with van der Waals surface area (Å²) < 4.78 is 11.0. The number of benzene rings is 2. The minimum atomic E-state index is -1.12. The summed E-state index contributed by atoms with van der Waals surface area (Å²) in [6, 6.07) is 20.6. The topological polar surface area (TPSA) is 118 Å². The zero-order valence-electron chi connectivity index (χ0n) is 24.4. The van der Waals surface area contributed by atoms with Crippen LogP contribution in [-0.4, -0.2) is 64.4 Å². The van der Waals surface area contributed by atoms with E-state index < -0.39 is 23.7 Å². The molecule has 2 N–H and O–H groups in total. The smallest absolute Gasteiger partial charge is 0.407 e. The van der Waals surface area contributed by atoms with E-state index in [1.165, 1.54) is 0 Å². The predicted molar refractivity (Wildman–Crippen MR) is 159 cm³/mol. The van der Waals surface area contributed by atoms with Gasteiger partial charge in [0.15, 0.2) is 0 Å². The number of unbranched alkanes of at least 4 members (excludes halogenated alkanes) is 1. The molecule has 222 valence electrons. The first kappa shape index (κ1) is 30.7. The summed E-state index contributed by atoms with van der Waals surface area (Å²) in [6.07, 6.45) is 2.31. The molecule has 0 aliphatic heterocycles. The van der Waals surface area contributed by atoms with E-state index in [-0.39, 0.29) is 31.5 Å². The number of nitrogens with zero attached hydrogens (tertiary/aromatic N) is 2. The fraction of sp³-hybridized carbons (Fsp3) is 0.394. The summed E-state index contributed by atoms with van der Waals surface area (Å²) in [5.41, 5.74) is 4.64. The minimum absolute atomic E-state index is 0.0915. The standard InChI is InChI=1S/C33H39N3O6/c1-33(2,3)42-30(37)21-36(20-23-12-8-10-18-34-23)19-11-9-17-29(31(38)39)35-32(40)41-22-28-26-15-6-4-13-24(26)25-14-5-7-16-27(25)28/h4-8,10,12-16,18,28-29H,9,11,17,19-22H2,1-3H3,(H,35,40)(H,38,39)/t29-/m0/s1. The van der Waals surface area contributed by atoms with Crippen LogP contribution in [0, 0.1) is 0 Å². The third kappa shape index (κ3) is 8.63. The second-order valence-electron chi connectivity index (χ2n) is 11.5. The Morgan fingerprint density at radius 2 is 1.60 bits per heavy atom. The summed E-state index contributed by atoms with van der Waals surface area (Å²) in [5.74, 6) is -1.57. The van der Waals surface area contributed by atoms with E-state index in [0.29, 0.717) is 25.9 Å². The fourth-order valence-corrected chi connectivity index (χ4v) is 5.21. The molecule has 0 saturated heterocycles. The number of hydrogen-bond donors (Lipinski definition) is 2. The van der Waals surface area contributed by atoms with Crippen LogP contribution in [0.25, 0.3) is 11.1 Å². The Bertz CT molecular complexity index is 1330. The van der Waals surface area contributed by atoms with E-state index in [2.05, 4.69) is 22.4 Å². The minimum Gasteiger partial charge on any atom is -0.480 e. The van der Waals surface area contributed by atoms with E-state index in [1.807, 2.05) is 80.3 Å². The van der Waals surface area contributed by atoms with Crippen molar-refractivity contribution in [1.82, 2.24) is 15.2 Å². The number of carboxylic acids is 1. The number of fused-ring (bicyclic) bond motifs is 3. The first-order valence-electron chi connectivity index (χ1n) is 14.3. The number of alkyl carbamates (subject to hydrolysis) is 1. The fourth-order valence-electron chi connectivity index (χ4n) is 5.21. The van der Waals surface area contributed by atoms with Crippen LogP contribution in [0.5, 0.6) is 0 Å². The first-order chi connectivity index (χ1) is 20.1. The maximum atomic E-state index is 12.7. The molecule has 3 aromatic rings. The molecule has 0 spiro atoms. The Hall–Kier alpha value is -4.24. The highest BCUT2D eigenvalue weighted by molar-refractivity contribution is 5.81. The lowest BCUT2D eigenvalue weighted by molar-refractivity contribution is -0.156. The molecule has 9 nitrogen and oxygen atoms in total. The Labute approximate surface area is 246 Å². The largest absolute Gasteiger partial charge is 0.480 e. The van der Waals surface area contributed by atoms with Crippen molar-refractivity contribution in [3.05, 3.63) is 89.7 Å². The number of carboxylic acid groups (broad SMARTS) is 1. The summed E-state index contributed by atoms with van der Waals surface area (Å²) in [4.78, 5) is 43.3. The van der Waals surface area contributed by atoms with Gasteiger partial charge in [0.25, 0.3) is 0 Å². The van der Waals surface area contributed by atoms with Crippen molar-refractivity contribution in [2.24, 2.45) is 0 Å². The molecule has 1 heterocycles. The number of carbonyl (C=O) groups is 3. The number of nitrogens with one attached hydrogen (secondary N) is 1. The second-order valence-corrected chi connectivity index (χ2v) is 11.5. The number of pyridine rings is 1. The molecule has 0 bridgehead atoms. The van der Waals surface area contributed by atoms with Gasteiger partial charge in [-0.1, -0.05) is 54.6 Å². The van der Waals surface area contributed by atoms with Gasteiger partial charge in [0.05, 0.1) is 12.2 Å². The number of esters is 1. The van der Waals surface area contributed by atoms with Crippen LogP contribution in [0.3, 0.4) is 0 Å². The van der Waals surface area contributed by atoms with Crippen molar-refractivity contribution >= 4 is 18.0 Å². The van der Waals surface area contributed by atoms with Gasteiger partial charge < -0.3 is 19.9 Å². The number of aromatic nitrogens is 1. The van der Waals surface area contributed by atoms with Crippen LogP contribution in [0.1, 0.15) is 62.8 Å². The van der Waals surface area contributed by atoms with Crippen LogP contribution in [0.2, 0.25) is 0 Å². The molecule has 1 aliphatic carbocycles. The molecule has 0 radical (unpaired) electrons. The average Bonchev–Trinajstić information content (AvgIpc) is 3.26. The Morgan fingerprint density at radius 1 is 0.952 bits per heavy atom. The average molecular weight is 574 g/mol. The van der Waals surface area contributed by atoms with Gasteiger partial charge in [0.1, 0.15) is 18.2 Å². The van der Waals surface area contributed by atoms with Gasteiger partial charge in [-0.2, -0.15) is 0 Å². The van der Waals surface area contributed by atoms with Crippen LogP contribution in [0.15, 0.2) is 72.9 Å². The summed E-state index contributed by atoms with van der Waals surface area (Å²) in [6.45, 7) is 6.66. The summed E-state index contributed by atoms with van der Waals surface area (Å²) in [5, 5.41) is 12.3. The van der Waals surface area contributed by atoms with Crippen molar-refractivity contribution in [2.45, 2.75) is 64.1 Å². The molecule has 42 heavy (non-hydrogen) atoms. The van der Waals surface area contributed by atoms with Crippen molar-refractivity contribution in [3.8, 4) is 11.1 Å². The molecule has 0 unspecified atom stereocenters. The monoisotopic (exact) mass is 573 g/mol. The van der Waals surface area contributed by atoms with Gasteiger partial charge in [-0.3, -0.25) is 14.7 Å². The van der Waals surface area contributed by atoms with Crippen LogP contribution in [0.4, 0.5) is 4.79 Å². The molecular formula is C33H39N3O6. The van der Waals surface area contributed by atoms with Crippen molar-refractivity contribution in [2.75, 3.05) is 19.7 Å². The molecule has 9 heteroatoms. The highest BCUT2D eigenvalue weighted by Gasteiger charge is 2.30. The molecule has 0 saturated carbocycles. The third-order valence-electron chi connectivity index (χ3n) is 7.04. The van der Waals surface area contributed by atoms with Gasteiger partial charge in [-0.15, -0.1) is 0 Å². The predicted octanol–water partition coefficient (Wildman–Crippen LogP) is 5.39. The van der Waals surface area contributed by atoms with Gasteiger partial charge in [-0.25, -0.2) is 9.59 Å². The zero-order chi connectivity index (χ0) is 30.1. The Morgan fingerprint density at radius 3 is 2.19 bits per heavy atom. The lowest BCUT2D eigenvalue weighted by Gasteiger charge is -2.25. The molecule has 1 atom stereocenters. The van der Waals surface area contributed by atoms with E-state index in [1.54, 1.807) is 6.20 Å². The number of rotatable bonds is 13. The Kier molecular flexibility index (Phi) is 10.3. The number of hydrogen-bond acceptors (Lipinski definition) is 7. The van der Waals surface area contributed by atoms with Crippen molar-refractivity contribution in [1.29, 1.82) is 0 Å². The molecule has 1 aliphatic rings. The summed E-state index contributed by atoms with van der Waals surface area (Å²) in [7, 11) is 0. The molecule has 1 aromatic heterocycles. The normalized spacial score (nSPS) is 13.2. The van der Waals surface area contributed by atoms with Gasteiger partial charge in [0, 0.05) is 18.7 Å². The number of aliphatic carboxylic acids is 1.